The van der Waals surface area contributed by atoms with Crippen LogP contribution in [0, 0.1) is 0 Å². The van der Waals surface area contributed by atoms with Crippen LogP contribution in [-0.4, -0.2) is 59.0 Å². The van der Waals surface area contributed by atoms with E-state index in [1.165, 1.54) is 0 Å². The van der Waals surface area contributed by atoms with Crippen LogP contribution >= 0.6 is 7.60 Å². The van der Waals surface area contributed by atoms with Crippen molar-refractivity contribution in [1.29, 1.82) is 0 Å². The third-order valence-corrected chi connectivity index (χ3v) is 1.84. The molecule has 0 aliphatic heterocycles. The van der Waals surface area contributed by atoms with E-state index in [1.54, 1.807) is 0 Å². The van der Waals surface area contributed by atoms with Gasteiger partial charge in [0.05, 0.1) is 19.4 Å². The van der Waals surface area contributed by atoms with Gasteiger partial charge >= 0.3 is 7.60 Å². The maximum absolute atomic E-state index is 9.85. The summed E-state index contributed by atoms with van der Waals surface area (Å²) in [6.45, 7) is 1.46. The zero-order valence-electron chi connectivity index (χ0n) is 7.96. The minimum Gasteiger partial charge on any atom is -0.395 e. The molecule has 0 aromatic carbocycles. The minimum absolute atomic E-state index is 0.0459. The van der Waals surface area contributed by atoms with Gasteiger partial charge in [-0.3, -0.25) is 4.57 Å². The number of nitrogens with two attached hydrogens (primary N) is 1. The maximum atomic E-state index is 9.85. The van der Waals surface area contributed by atoms with Crippen LogP contribution in [0.2, 0.25) is 0 Å². The molecule has 7 nitrogen and oxygen atoms in total. The molecular formula is C6H19N2O5P. The maximum Gasteiger partial charge on any atom is 0.326 e. The normalized spacial score (nSPS) is 10.6. The first kappa shape index (κ1) is 16.4. The molecule has 0 fully saturated rings. The molecule has 0 aliphatic rings. The van der Waals surface area contributed by atoms with Crippen molar-refractivity contribution in [3.8, 4) is 0 Å². The standard InChI is InChI=1S/C4H11NO2.C2H8NO3P/c6-3-1-5-2-4-7;3-1-2-7(4,5)6/h5-7H,1-4H2;1-3H2,(H2,4,5,6). The first-order valence-corrected chi connectivity index (χ1v) is 5.94. The quantitative estimate of drug-likeness (QED) is 0.223. The number of hydrogen-bond donors (Lipinski definition) is 6. The molecule has 88 valence electrons. The third kappa shape index (κ3) is 22.7. The molecule has 0 heterocycles. The van der Waals surface area contributed by atoms with E-state index >= 15 is 0 Å². The van der Waals surface area contributed by atoms with Crippen molar-refractivity contribution in [3.63, 3.8) is 0 Å². The van der Waals surface area contributed by atoms with Crippen molar-refractivity contribution in [3.05, 3.63) is 0 Å². The van der Waals surface area contributed by atoms with E-state index in [9.17, 15) is 4.57 Å². The predicted octanol–water partition coefficient (Wildman–Crippen LogP) is -2.32. The largest absolute Gasteiger partial charge is 0.395 e. The molecule has 0 unspecified atom stereocenters. The lowest BCUT2D eigenvalue weighted by atomic mass is 10.6. The molecule has 0 aromatic rings. The summed E-state index contributed by atoms with van der Waals surface area (Å²) in [6.07, 6.45) is -0.215. The molecule has 0 aromatic heterocycles. The molecule has 0 bridgehead atoms. The van der Waals surface area contributed by atoms with Crippen LogP contribution in [0.3, 0.4) is 0 Å². The van der Waals surface area contributed by atoms with Crippen molar-refractivity contribution in [1.82, 2.24) is 5.32 Å². The summed E-state index contributed by atoms with van der Waals surface area (Å²) in [4.78, 5) is 16.1. The molecule has 0 aliphatic carbocycles. The van der Waals surface area contributed by atoms with E-state index in [-0.39, 0.29) is 25.9 Å². The van der Waals surface area contributed by atoms with Gasteiger partial charge in [-0.2, -0.15) is 0 Å². The van der Waals surface area contributed by atoms with Crippen LogP contribution < -0.4 is 11.1 Å². The highest BCUT2D eigenvalue weighted by Gasteiger charge is 2.08. The van der Waals surface area contributed by atoms with E-state index < -0.39 is 7.60 Å². The Morgan fingerprint density at radius 2 is 1.57 bits per heavy atom. The topological polar surface area (TPSA) is 136 Å². The van der Waals surface area contributed by atoms with Crippen molar-refractivity contribution < 1.29 is 24.6 Å². The first-order valence-electron chi connectivity index (χ1n) is 4.15. The zero-order chi connectivity index (χ0) is 11.4. The highest BCUT2D eigenvalue weighted by Crippen LogP contribution is 2.32. The summed E-state index contributed by atoms with van der Waals surface area (Å²) >= 11 is 0. The summed E-state index contributed by atoms with van der Waals surface area (Å²) < 4.78 is 9.85. The molecule has 0 rings (SSSR count). The van der Waals surface area contributed by atoms with Gasteiger partial charge in [-0.05, 0) is 0 Å². The Balaban J connectivity index is 0. The second kappa shape index (κ2) is 11.1. The predicted molar refractivity (Wildman–Crippen MR) is 53.0 cm³/mol. The molecule has 0 saturated carbocycles. The van der Waals surface area contributed by atoms with Crippen molar-refractivity contribution in [2.45, 2.75) is 0 Å². The van der Waals surface area contributed by atoms with Gasteiger partial charge in [0.2, 0.25) is 0 Å². The van der Waals surface area contributed by atoms with Crippen molar-refractivity contribution >= 4 is 7.60 Å². The first-order chi connectivity index (χ1) is 6.47. The lowest BCUT2D eigenvalue weighted by molar-refractivity contribution is 0.266. The fraction of sp³-hybridized carbons (Fsp3) is 1.00. The smallest absolute Gasteiger partial charge is 0.326 e. The van der Waals surface area contributed by atoms with Gasteiger partial charge in [0, 0.05) is 19.6 Å². The Morgan fingerprint density at radius 3 is 1.71 bits per heavy atom. The second-order valence-corrected chi connectivity index (χ2v) is 4.15. The summed E-state index contributed by atoms with van der Waals surface area (Å²) in [7, 11) is -3.79. The fourth-order valence-corrected chi connectivity index (χ4v) is 0.788. The molecule has 0 saturated heterocycles. The average molecular weight is 230 g/mol. The van der Waals surface area contributed by atoms with Gasteiger partial charge in [-0.25, -0.2) is 0 Å². The summed E-state index contributed by atoms with van der Waals surface area (Å²) in [6, 6.07) is 0. The molecule has 8 heteroatoms. The Bertz CT molecular complexity index is 147. The van der Waals surface area contributed by atoms with Crippen LogP contribution in [-0.2, 0) is 4.57 Å². The lowest BCUT2D eigenvalue weighted by Crippen LogP contribution is -2.21. The van der Waals surface area contributed by atoms with Gasteiger partial charge in [0.25, 0.3) is 0 Å². The van der Waals surface area contributed by atoms with Crippen LogP contribution in [0.15, 0.2) is 0 Å². The summed E-state index contributed by atoms with van der Waals surface area (Å²) in [5.41, 5.74) is 4.82. The van der Waals surface area contributed by atoms with Gasteiger partial charge in [0.1, 0.15) is 0 Å². The van der Waals surface area contributed by atoms with Crippen molar-refractivity contribution in [2.24, 2.45) is 5.73 Å². The molecule has 14 heavy (non-hydrogen) atoms. The molecule has 7 N–H and O–H groups in total. The van der Waals surface area contributed by atoms with Crippen LogP contribution in [0.1, 0.15) is 0 Å². The Labute approximate surface area is 83.1 Å². The highest BCUT2D eigenvalue weighted by molar-refractivity contribution is 7.51. The number of rotatable bonds is 6. The third-order valence-electron chi connectivity index (χ3n) is 0.998. The molecule has 0 atom stereocenters. The number of hydrogen-bond acceptors (Lipinski definition) is 5. The summed E-state index contributed by atoms with van der Waals surface area (Å²) in [5, 5.41) is 19.1. The Kier molecular flexibility index (Phi) is 13.0. The summed E-state index contributed by atoms with van der Waals surface area (Å²) in [5.74, 6) is 0. The average Bonchev–Trinajstić information content (AvgIpc) is 2.04. The number of aliphatic hydroxyl groups is 2. The SMILES string of the molecule is NCCP(=O)(O)O.OCCNCCO. The number of nitrogens with one attached hydrogen (secondary N) is 1. The van der Waals surface area contributed by atoms with Crippen LogP contribution in [0.25, 0.3) is 0 Å². The Morgan fingerprint density at radius 1 is 1.14 bits per heavy atom. The minimum atomic E-state index is -3.79. The van der Waals surface area contributed by atoms with E-state index in [4.69, 9.17) is 25.7 Å². The molecule has 0 radical (unpaired) electrons. The van der Waals surface area contributed by atoms with Gasteiger partial charge in [-0.1, -0.05) is 0 Å². The monoisotopic (exact) mass is 230 g/mol. The fourth-order valence-electron chi connectivity index (χ4n) is 0.451. The van der Waals surface area contributed by atoms with Crippen LogP contribution in [0.5, 0.6) is 0 Å². The lowest BCUT2D eigenvalue weighted by Gasteiger charge is -1.96. The van der Waals surface area contributed by atoms with Crippen molar-refractivity contribution in [2.75, 3.05) is 39.0 Å². The second-order valence-electron chi connectivity index (χ2n) is 2.37. The van der Waals surface area contributed by atoms with Crippen LogP contribution in [0.4, 0.5) is 0 Å². The molecule has 0 spiro atoms. The molecular weight excluding hydrogens is 211 g/mol. The highest BCUT2D eigenvalue weighted by atomic mass is 31.2. The van der Waals surface area contributed by atoms with E-state index in [0.29, 0.717) is 13.1 Å². The van der Waals surface area contributed by atoms with E-state index in [2.05, 4.69) is 5.32 Å². The van der Waals surface area contributed by atoms with Gasteiger partial charge < -0.3 is 31.1 Å². The van der Waals surface area contributed by atoms with E-state index in [0.717, 1.165) is 0 Å². The number of aliphatic hydroxyl groups excluding tert-OH is 2. The molecule has 0 amide bonds. The Hall–Kier alpha value is -0.0100. The van der Waals surface area contributed by atoms with Gasteiger partial charge in [-0.15, -0.1) is 0 Å². The van der Waals surface area contributed by atoms with Gasteiger partial charge in [0.15, 0.2) is 0 Å². The zero-order valence-corrected chi connectivity index (χ0v) is 8.86. The van der Waals surface area contributed by atoms with E-state index in [1.807, 2.05) is 0 Å².